The Morgan fingerprint density at radius 2 is 1.21 bits per heavy atom. The maximum atomic E-state index is 13.6. The molecule has 198 valence electrons. The second kappa shape index (κ2) is 9.41. The van der Waals surface area contributed by atoms with Crippen molar-refractivity contribution in [3.8, 4) is 0 Å². The summed E-state index contributed by atoms with van der Waals surface area (Å²) in [6.07, 6.45) is 0. The number of carboxylic acids is 2. The van der Waals surface area contributed by atoms with Gasteiger partial charge in [-0.1, -0.05) is 36.4 Å². The van der Waals surface area contributed by atoms with E-state index in [0.29, 0.717) is 11.8 Å². The number of carbonyl (C=O) groups is 3. The molecule has 0 radical (unpaired) electrons. The number of thioether (sulfide) groups is 1. The van der Waals surface area contributed by atoms with E-state index in [0.717, 1.165) is 6.07 Å². The monoisotopic (exact) mass is 584 g/mol. The van der Waals surface area contributed by atoms with Gasteiger partial charge in [-0.15, -0.1) is 0 Å². The molecule has 1 aliphatic heterocycles. The van der Waals surface area contributed by atoms with Crippen LogP contribution in [-0.4, -0.2) is 44.1 Å². The van der Waals surface area contributed by atoms with Crippen molar-refractivity contribution in [3.63, 3.8) is 0 Å². The van der Waals surface area contributed by atoms with Crippen LogP contribution in [0, 0.1) is 0 Å². The van der Waals surface area contributed by atoms with E-state index in [1.54, 1.807) is 0 Å². The van der Waals surface area contributed by atoms with Crippen molar-refractivity contribution in [2.24, 2.45) is 0 Å². The second-order valence-corrected chi connectivity index (χ2v) is 12.5. The van der Waals surface area contributed by atoms with E-state index < -0.39 is 46.9 Å². The zero-order chi connectivity index (χ0) is 28.1. The number of rotatable bonds is 8. The Balaban J connectivity index is 1.73. The van der Waals surface area contributed by atoms with Gasteiger partial charge < -0.3 is 10.2 Å². The summed E-state index contributed by atoms with van der Waals surface area (Å²) in [4.78, 5) is 34.9. The van der Waals surface area contributed by atoms with E-state index >= 15 is 0 Å². The summed E-state index contributed by atoms with van der Waals surface area (Å²) in [7, 11) is -9.26. The predicted octanol–water partition coefficient (Wildman–Crippen LogP) is 4.08. The molecule has 1 aliphatic rings. The number of benzene rings is 4. The van der Waals surface area contributed by atoms with E-state index in [1.165, 1.54) is 66.7 Å². The van der Waals surface area contributed by atoms with E-state index in [-0.39, 0.29) is 43.7 Å². The van der Waals surface area contributed by atoms with Gasteiger partial charge >= 0.3 is 11.9 Å². The smallest absolute Gasteiger partial charge is 0.337 e. The highest BCUT2D eigenvalue weighted by Gasteiger charge is 2.35. The molecule has 0 spiro atoms. The predicted molar refractivity (Wildman–Crippen MR) is 143 cm³/mol. The van der Waals surface area contributed by atoms with Gasteiger partial charge in [0.15, 0.2) is 0 Å². The average Bonchev–Trinajstić information content (AvgIpc) is 3.21. The number of para-hydroxylation sites is 2. The Labute approximate surface area is 225 Å². The maximum Gasteiger partial charge on any atom is 0.337 e. The number of anilines is 2. The molecule has 4 N–H and O–H groups in total. The quantitative estimate of drug-likeness (QED) is 0.235. The summed E-state index contributed by atoms with van der Waals surface area (Å²) in [5.41, 5.74) is -1.10. The Hall–Kier alpha value is -4.40. The van der Waals surface area contributed by atoms with Gasteiger partial charge in [0, 0.05) is 21.2 Å². The van der Waals surface area contributed by atoms with Gasteiger partial charge in [0.1, 0.15) is 4.90 Å². The van der Waals surface area contributed by atoms with Crippen molar-refractivity contribution in [1.29, 1.82) is 0 Å². The van der Waals surface area contributed by atoms with Crippen LogP contribution in [0.15, 0.2) is 87.5 Å². The number of sulfonamides is 2. The molecule has 1 heterocycles. The minimum atomic E-state index is -4.64. The minimum absolute atomic E-state index is 0.0178. The first-order valence-electron chi connectivity index (χ1n) is 10.9. The number of carbonyl (C=O) groups excluding carboxylic acids is 1. The highest BCUT2D eigenvalue weighted by molar-refractivity contribution is 8.15. The molecule has 0 atom stereocenters. The Morgan fingerprint density at radius 1 is 0.692 bits per heavy atom. The average molecular weight is 585 g/mol. The molecule has 0 saturated heterocycles. The topological polar surface area (TPSA) is 184 Å². The molecule has 14 heteroatoms. The molecule has 5 rings (SSSR count). The summed E-state index contributed by atoms with van der Waals surface area (Å²) < 4.78 is 58.8. The Bertz CT molecular complexity index is 1950. The van der Waals surface area contributed by atoms with Gasteiger partial charge in [-0.25, -0.2) is 26.4 Å². The molecule has 0 aromatic heterocycles. The molecular formula is C25H16N2O9S3. The summed E-state index contributed by atoms with van der Waals surface area (Å²) in [6, 6.07) is 15.7. The van der Waals surface area contributed by atoms with Crippen LogP contribution in [-0.2, 0) is 20.0 Å². The highest BCUT2D eigenvalue weighted by atomic mass is 32.2. The lowest BCUT2D eigenvalue weighted by atomic mass is 10.1. The molecule has 39 heavy (non-hydrogen) atoms. The summed E-state index contributed by atoms with van der Waals surface area (Å²) in [5.74, 6) is -2.78. The molecular weight excluding hydrogens is 568 g/mol. The standard InChI is InChI=1S/C25H16N2O9S3/c28-23(29)13-6-1-3-10-17(13)26-38(33,34)19-12-20(22-21-15(19)8-5-9-16(21)25(32)37-22)39(35,36)27-18-11-4-2-7-14(18)24(30)31/h1-12,26-27H,(H,28,29)(H,30,31). The summed E-state index contributed by atoms with van der Waals surface area (Å²) in [6.45, 7) is 0. The fourth-order valence-electron chi connectivity index (χ4n) is 4.15. The van der Waals surface area contributed by atoms with Crippen LogP contribution in [0.2, 0.25) is 0 Å². The lowest BCUT2D eigenvalue weighted by Gasteiger charge is -2.17. The Morgan fingerprint density at radius 3 is 1.74 bits per heavy atom. The van der Waals surface area contributed by atoms with Gasteiger partial charge in [-0.3, -0.25) is 14.2 Å². The van der Waals surface area contributed by atoms with Gasteiger partial charge in [0.05, 0.1) is 27.4 Å². The first-order chi connectivity index (χ1) is 18.4. The van der Waals surface area contributed by atoms with Gasteiger partial charge in [-0.05, 0) is 48.2 Å². The molecule has 0 unspecified atom stereocenters. The zero-order valence-electron chi connectivity index (χ0n) is 19.4. The molecule has 0 amide bonds. The molecule has 0 saturated carbocycles. The minimum Gasteiger partial charge on any atom is -0.478 e. The number of nitrogens with one attached hydrogen (secondary N) is 2. The Kier molecular flexibility index (Phi) is 6.33. The van der Waals surface area contributed by atoms with Crippen molar-refractivity contribution in [3.05, 3.63) is 89.5 Å². The lowest BCUT2D eigenvalue weighted by molar-refractivity contribution is 0.0687. The van der Waals surface area contributed by atoms with Crippen molar-refractivity contribution < 1.29 is 41.4 Å². The molecule has 0 bridgehead atoms. The fourth-order valence-corrected chi connectivity index (χ4v) is 8.13. The number of hydrogen-bond donors (Lipinski definition) is 4. The zero-order valence-corrected chi connectivity index (χ0v) is 21.9. The number of hydrogen-bond acceptors (Lipinski definition) is 8. The van der Waals surface area contributed by atoms with Crippen LogP contribution in [0.3, 0.4) is 0 Å². The molecule has 0 aliphatic carbocycles. The maximum absolute atomic E-state index is 13.6. The third-order valence-corrected chi connectivity index (χ3v) is 9.80. The molecule has 0 fully saturated rings. The fraction of sp³-hybridized carbons (Fsp3) is 0. The molecule has 4 aromatic carbocycles. The van der Waals surface area contributed by atoms with E-state index in [1.807, 2.05) is 0 Å². The van der Waals surface area contributed by atoms with Crippen LogP contribution in [0.4, 0.5) is 11.4 Å². The second-order valence-electron chi connectivity index (χ2n) is 8.23. The van der Waals surface area contributed by atoms with E-state index in [9.17, 15) is 41.4 Å². The van der Waals surface area contributed by atoms with Crippen LogP contribution < -0.4 is 9.44 Å². The van der Waals surface area contributed by atoms with Crippen molar-refractivity contribution in [2.45, 2.75) is 14.7 Å². The largest absolute Gasteiger partial charge is 0.478 e. The van der Waals surface area contributed by atoms with Crippen LogP contribution in [0.25, 0.3) is 10.8 Å². The number of carboxylic acid groups (broad SMARTS) is 2. The lowest BCUT2D eigenvalue weighted by Crippen LogP contribution is -2.19. The highest BCUT2D eigenvalue weighted by Crippen LogP contribution is 2.46. The van der Waals surface area contributed by atoms with Gasteiger partial charge in [0.25, 0.3) is 20.0 Å². The summed E-state index contributed by atoms with van der Waals surface area (Å²) >= 11 is 0.606. The summed E-state index contributed by atoms with van der Waals surface area (Å²) in [5, 5.41) is 18.6. The number of aromatic carboxylic acids is 2. The van der Waals surface area contributed by atoms with Crippen LogP contribution in [0.1, 0.15) is 31.1 Å². The van der Waals surface area contributed by atoms with E-state index in [4.69, 9.17) is 0 Å². The first kappa shape index (κ1) is 26.2. The van der Waals surface area contributed by atoms with Gasteiger partial charge in [-0.2, -0.15) is 0 Å². The first-order valence-corrected chi connectivity index (χ1v) is 14.7. The SMILES string of the molecule is O=C(O)c1ccccc1NS(=O)(=O)c1cc(S(=O)(=O)Nc2ccccc2C(=O)O)c2cccc3c2c1SC3=O. The van der Waals surface area contributed by atoms with Crippen LogP contribution in [0.5, 0.6) is 0 Å². The molecule has 11 nitrogen and oxygen atoms in total. The van der Waals surface area contributed by atoms with Crippen molar-refractivity contribution in [1.82, 2.24) is 0 Å². The normalized spacial score (nSPS) is 12.9. The molecule has 4 aromatic rings. The van der Waals surface area contributed by atoms with Crippen molar-refractivity contribution >= 4 is 71.0 Å². The van der Waals surface area contributed by atoms with Crippen molar-refractivity contribution in [2.75, 3.05) is 9.44 Å². The van der Waals surface area contributed by atoms with E-state index in [2.05, 4.69) is 9.44 Å². The van der Waals surface area contributed by atoms with Crippen LogP contribution >= 0.6 is 11.8 Å². The third kappa shape index (κ3) is 4.58. The van der Waals surface area contributed by atoms with Gasteiger partial charge in [0.2, 0.25) is 5.12 Å². The third-order valence-electron chi connectivity index (χ3n) is 5.84.